The summed E-state index contributed by atoms with van der Waals surface area (Å²) in [4.78, 5) is 0. The molecule has 0 unspecified atom stereocenters. The highest BCUT2D eigenvalue weighted by Crippen LogP contribution is 2.36. The van der Waals surface area contributed by atoms with Crippen molar-refractivity contribution in [2.75, 3.05) is 5.32 Å². The van der Waals surface area contributed by atoms with Crippen molar-refractivity contribution in [2.45, 2.75) is 66.7 Å². The molecule has 1 aliphatic carbocycles. The summed E-state index contributed by atoms with van der Waals surface area (Å²) in [6, 6.07) is 17.6. The van der Waals surface area contributed by atoms with Crippen molar-refractivity contribution in [1.82, 2.24) is 0 Å². The molecule has 1 N–H and O–H groups in total. The Hall–Kier alpha value is -2.80. The van der Waals surface area contributed by atoms with E-state index in [1.807, 2.05) is 0 Å². The topological polar surface area (TPSA) is 12.0 Å². The van der Waals surface area contributed by atoms with Gasteiger partial charge < -0.3 is 5.32 Å². The summed E-state index contributed by atoms with van der Waals surface area (Å²) in [5.74, 6) is 0. The van der Waals surface area contributed by atoms with Gasteiger partial charge in [0.1, 0.15) is 0 Å². The van der Waals surface area contributed by atoms with Crippen LogP contribution in [0.1, 0.15) is 59.7 Å². The third-order valence-corrected chi connectivity index (χ3v) is 7.14. The number of anilines is 1. The number of benzene rings is 3. The lowest BCUT2D eigenvalue weighted by Gasteiger charge is -2.27. The molecule has 0 amide bonds. The lowest BCUT2D eigenvalue weighted by molar-refractivity contribution is 0.590. The van der Waals surface area contributed by atoms with E-state index in [1.54, 1.807) is 0 Å². The van der Waals surface area contributed by atoms with E-state index in [0.29, 0.717) is 0 Å². The summed E-state index contributed by atoms with van der Waals surface area (Å²) in [6.07, 6.45) is 4.36. The molecule has 160 valence electrons. The molecule has 0 aromatic heterocycles. The molecule has 0 aliphatic heterocycles. The molecule has 0 bridgehead atoms. The fourth-order valence-electron chi connectivity index (χ4n) is 4.72. The van der Waals surface area contributed by atoms with Crippen LogP contribution in [0.3, 0.4) is 0 Å². The van der Waals surface area contributed by atoms with E-state index < -0.39 is 0 Å². The van der Waals surface area contributed by atoms with Crippen molar-refractivity contribution in [3.63, 3.8) is 0 Å². The monoisotopic (exact) mass is 409 g/mol. The second-order valence-corrected chi connectivity index (χ2v) is 10.1. The van der Waals surface area contributed by atoms with Gasteiger partial charge in [-0.2, -0.15) is 0 Å². The van der Waals surface area contributed by atoms with Gasteiger partial charge in [-0.25, -0.2) is 0 Å². The molecule has 0 heterocycles. The van der Waals surface area contributed by atoms with Crippen LogP contribution in [0.25, 0.3) is 11.1 Å². The van der Waals surface area contributed by atoms with E-state index in [0.717, 1.165) is 12.8 Å². The quantitative estimate of drug-likeness (QED) is 0.462. The van der Waals surface area contributed by atoms with Crippen LogP contribution < -0.4 is 5.32 Å². The van der Waals surface area contributed by atoms with E-state index >= 15 is 0 Å². The third kappa shape index (κ3) is 4.06. The summed E-state index contributed by atoms with van der Waals surface area (Å²) in [5.41, 5.74) is 15.3. The summed E-state index contributed by atoms with van der Waals surface area (Å²) < 4.78 is 0. The maximum Gasteiger partial charge on any atom is 0.0461 e. The maximum absolute atomic E-state index is 3.81. The van der Waals surface area contributed by atoms with Crippen LogP contribution in [0, 0.1) is 27.7 Å². The second kappa shape index (κ2) is 8.04. The zero-order valence-electron chi connectivity index (χ0n) is 20.1. The predicted molar refractivity (Wildman–Crippen MR) is 135 cm³/mol. The van der Waals surface area contributed by atoms with Crippen molar-refractivity contribution in [3.8, 4) is 11.1 Å². The highest BCUT2D eigenvalue weighted by molar-refractivity contribution is 5.80. The van der Waals surface area contributed by atoms with Gasteiger partial charge in [-0.1, -0.05) is 63.2 Å². The van der Waals surface area contributed by atoms with Gasteiger partial charge in [-0.3, -0.25) is 0 Å². The van der Waals surface area contributed by atoms with Crippen molar-refractivity contribution < 1.29 is 0 Å². The zero-order chi connectivity index (χ0) is 22.3. The highest BCUT2D eigenvalue weighted by Gasteiger charge is 2.21. The number of hydrogen-bond donors (Lipinski definition) is 1. The van der Waals surface area contributed by atoms with Crippen molar-refractivity contribution in [3.05, 3.63) is 99.2 Å². The Morgan fingerprint density at radius 1 is 0.742 bits per heavy atom. The molecule has 0 spiro atoms. The van der Waals surface area contributed by atoms with Crippen LogP contribution in [0.5, 0.6) is 0 Å². The van der Waals surface area contributed by atoms with Crippen molar-refractivity contribution in [1.29, 1.82) is 0 Å². The Kier molecular flexibility index (Phi) is 5.56. The largest absolute Gasteiger partial charge is 0.358 e. The molecule has 1 heteroatoms. The van der Waals surface area contributed by atoms with E-state index in [4.69, 9.17) is 0 Å². The summed E-state index contributed by atoms with van der Waals surface area (Å²) in [7, 11) is 0. The summed E-state index contributed by atoms with van der Waals surface area (Å²) in [6.45, 7) is 15.9. The first-order valence-corrected chi connectivity index (χ1v) is 11.4. The van der Waals surface area contributed by atoms with Gasteiger partial charge in [0, 0.05) is 23.4 Å². The highest BCUT2D eigenvalue weighted by atomic mass is 14.9. The Balaban J connectivity index is 1.72. The van der Waals surface area contributed by atoms with Crippen LogP contribution in [0.4, 0.5) is 5.69 Å². The van der Waals surface area contributed by atoms with Gasteiger partial charge in [0.15, 0.2) is 0 Å². The first-order chi connectivity index (χ1) is 14.7. The minimum absolute atomic E-state index is 0.120. The molecule has 0 saturated heterocycles. The molecule has 1 nitrogen and oxygen atoms in total. The molecule has 3 aromatic rings. The number of nitrogens with one attached hydrogen (secondary N) is 1. The Labute approximate surface area is 188 Å². The molecule has 3 aromatic carbocycles. The average molecular weight is 410 g/mol. The number of hydrogen-bond acceptors (Lipinski definition) is 1. The Morgan fingerprint density at radius 2 is 1.39 bits per heavy atom. The smallest absolute Gasteiger partial charge is 0.0461 e. The first kappa shape index (κ1) is 21.4. The third-order valence-electron chi connectivity index (χ3n) is 7.14. The molecular weight excluding hydrogens is 374 g/mol. The van der Waals surface area contributed by atoms with Crippen molar-refractivity contribution >= 4 is 5.69 Å². The van der Waals surface area contributed by atoms with Gasteiger partial charge in [-0.15, -0.1) is 0 Å². The van der Waals surface area contributed by atoms with Crippen LogP contribution in [0.15, 0.2) is 60.3 Å². The van der Waals surface area contributed by atoms with Crippen molar-refractivity contribution in [2.24, 2.45) is 0 Å². The lowest BCUT2D eigenvalue weighted by Crippen LogP contribution is -2.15. The van der Waals surface area contributed by atoms with Crippen LogP contribution in [0.2, 0.25) is 0 Å². The van der Waals surface area contributed by atoms with E-state index in [1.165, 1.54) is 61.5 Å². The summed E-state index contributed by atoms with van der Waals surface area (Å²) >= 11 is 0. The minimum atomic E-state index is 0.120. The van der Waals surface area contributed by atoms with E-state index in [9.17, 15) is 0 Å². The Bertz CT molecular complexity index is 1160. The zero-order valence-corrected chi connectivity index (χ0v) is 20.1. The van der Waals surface area contributed by atoms with Gasteiger partial charge in [0.2, 0.25) is 0 Å². The first-order valence-electron chi connectivity index (χ1n) is 11.4. The predicted octanol–water partition coefficient (Wildman–Crippen LogP) is 7.98. The van der Waals surface area contributed by atoms with Gasteiger partial charge >= 0.3 is 0 Å². The maximum atomic E-state index is 3.81. The molecule has 31 heavy (non-hydrogen) atoms. The van der Waals surface area contributed by atoms with Gasteiger partial charge in [-0.05, 0) is 96.2 Å². The fraction of sp³-hybridized carbons (Fsp3) is 0.333. The van der Waals surface area contributed by atoms with Crippen LogP contribution >= 0.6 is 0 Å². The van der Waals surface area contributed by atoms with Gasteiger partial charge in [0.05, 0.1) is 0 Å². The van der Waals surface area contributed by atoms with E-state index in [-0.39, 0.29) is 5.41 Å². The molecule has 4 rings (SSSR count). The molecule has 0 saturated carbocycles. The SMILES string of the molecule is Cc1c(C)c(C)c2c(c1C)CC=C(Nc1ccc(C(C)(C)C)cc1-c1ccccc1)C2. The number of fused-ring (bicyclic) bond motifs is 1. The molecule has 0 radical (unpaired) electrons. The standard InChI is InChI=1S/C30H35N/c1-19-20(2)22(4)27-18-25(14-15-26(27)21(19)3)31-29-16-13-24(30(5,6)7)17-28(29)23-11-9-8-10-12-23/h8-14,16-17,31H,15,18H2,1-7H3. The molecule has 0 atom stereocenters. The molecule has 1 aliphatic rings. The fourth-order valence-corrected chi connectivity index (χ4v) is 4.72. The van der Waals surface area contributed by atoms with Gasteiger partial charge in [0.25, 0.3) is 0 Å². The van der Waals surface area contributed by atoms with Crippen LogP contribution in [-0.4, -0.2) is 0 Å². The minimum Gasteiger partial charge on any atom is -0.358 e. The molecule has 0 fully saturated rings. The normalized spacial score (nSPS) is 13.6. The number of rotatable bonds is 3. The number of allylic oxidation sites excluding steroid dienone is 2. The van der Waals surface area contributed by atoms with Crippen LogP contribution in [-0.2, 0) is 18.3 Å². The molecular formula is C30H35N. The Morgan fingerprint density at radius 3 is 2.03 bits per heavy atom. The lowest BCUT2D eigenvalue weighted by atomic mass is 9.82. The van der Waals surface area contributed by atoms with E-state index in [2.05, 4.69) is 108 Å². The summed E-state index contributed by atoms with van der Waals surface area (Å²) in [5, 5.41) is 3.81. The second-order valence-electron chi connectivity index (χ2n) is 10.1. The average Bonchev–Trinajstić information content (AvgIpc) is 2.76.